The van der Waals surface area contributed by atoms with E-state index in [4.69, 9.17) is 0 Å². The summed E-state index contributed by atoms with van der Waals surface area (Å²) < 4.78 is 38.1. The molecular formula is C16H18F3NO3. The molecule has 1 atom stereocenters. The molecule has 1 aliphatic carbocycles. The van der Waals surface area contributed by atoms with Gasteiger partial charge < -0.3 is 10.4 Å². The third-order valence-electron chi connectivity index (χ3n) is 4.35. The van der Waals surface area contributed by atoms with Gasteiger partial charge in [-0.1, -0.05) is 18.6 Å². The molecule has 2 rings (SSSR count). The summed E-state index contributed by atoms with van der Waals surface area (Å²) in [5, 5.41) is 11.8. The number of carbonyl (C=O) groups excluding carboxylic acids is 1. The first-order valence-corrected chi connectivity index (χ1v) is 7.34. The second-order valence-corrected chi connectivity index (χ2v) is 6.03. The molecule has 1 fully saturated rings. The fourth-order valence-electron chi connectivity index (χ4n) is 2.74. The van der Waals surface area contributed by atoms with Crippen LogP contribution in [0.1, 0.15) is 49.8 Å². The molecule has 1 saturated carbocycles. The molecule has 0 aliphatic heterocycles. The van der Waals surface area contributed by atoms with Crippen molar-refractivity contribution in [3.05, 3.63) is 35.4 Å². The zero-order valence-electron chi connectivity index (χ0n) is 12.6. The zero-order valence-corrected chi connectivity index (χ0v) is 12.6. The Labute approximate surface area is 131 Å². The highest BCUT2D eigenvalue weighted by atomic mass is 19.4. The van der Waals surface area contributed by atoms with E-state index in [0.29, 0.717) is 18.4 Å². The lowest BCUT2D eigenvalue weighted by Gasteiger charge is -2.37. The Morgan fingerprint density at radius 1 is 1.35 bits per heavy atom. The van der Waals surface area contributed by atoms with Gasteiger partial charge in [-0.15, -0.1) is 0 Å². The number of rotatable bonds is 5. The van der Waals surface area contributed by atoms with E-state index in [-0.39, 0.29) is 6.42 Å². The lowest BCUT2D eigenvalue weighted by Crippen LogP contribution is -2.43. The number of halogens is 3. The molecule has 1 unspecified atom stereocenters. The minimum Gasteiger partial charge on any atom is -0.481 e. The fourth-order valence-corrected chi connectivity index (χ4v) is 2.74. The smallest absolute Gasteiger partial charge is 0.416 e. The third kappa shape index (κ3) is 3.83. The Hall–Kier alpha value is -2.05. The summed E-state index contributed by atoms with van der Waals surface area (Å²) in [6.07, 6.45) is -2.92. The Balaban J connectivity index is 2.03. The number of amides is 1. The quantitative estimate of drug-likeness (QED) is 0.868. The standard InChI is InChI=1S/C16H18F3NO3/c1-10(11-4-2-5-12(8-11)16(17,18)19)20-13(21)9-15(14(22)23)6-3-7-15/h2,4-5,8,10H,3,6-7,9H2,1H3,(H,20,21)(H,22,23). The second kappa shape index (κ2) is 6.22. The lowest BCUT2D eigenvalue weighted by atomic mass is 9.66. The maximum absolute atomic E-state index is 12.7. The van der Waals surface area contributed by atoms with Crippen molar-refractivity contribution < 1.29 is 27.9 Å². The number of nitrogens with one attached hydrogen (secondary N) is 1. The van der Waals surface area contributed by atoms with Gasteiger partial charge >= 0.3 is 12.1 Å². The highest BCUT2D eigenvalue weighted by Crippen LogP contribution is 2.44. The van der Waals surface area contributed by atoms with Gasteiger partial charge in [-0.3, -0.25) is 9.59 Å². The van der Waals surface area contributed by atoms with Crippen LogP contribution in [0.4, 0.5) is 13.2 Å². The van der Waals surface area contributed by atoms with Crippen molar-refractivity contribution in [2.75, 3.05) is 0 Å². The van der Waals surface area contributed by atoms with Crippen molar-refractivity contribution >= 4 is 11.9 Å². The summed E-state index contributed by atoms with van der Waals surface area (Å²) >= 11 is 0. The molecule has 0 radical (unpaired) electrons. The molecule has 1 aliphatic rings. The number of carboxylic acids is 1. The van der Waals surface area contributed by atoms with E-state index < -0.39 is 35.1 Å². The SMILES string of the molecule is CC(NC(=O)CC1(C(=O)O)CCC1)c1cccc(C(F)(F)F)c1. The molecule has 1 aromatic carbocycles. The van der Waals surface area contributed by atoms with Crippen molar-refractivity contribution in [3.63, 3.8) is 0 Å². The van der Waals surface area contributed by atoms with E-state index in [0.717, 1.165) is 18.6 Å². The average molecular weight is 329 g/mol. The number of carbonyl (C=O) groups is 2. The van der Waals surface area contributed by atoms with E-state index in [9.17, 15) is 27.9 Å². The molecule has 7 heteroatoms. The van der Waals surface area contributed by atoms with Gasteiger partial charge in [-0.2, -0.15) is 13.2 Å². The van der Waals surface area contributed by atoms with Gasteiger partial charge in [-0.05, 0) is 37.5 Å². The molecule has 0 spiro atoms. The molecule has 1 amide bonds. The van der Waals surface area contributed by atoms with Crippen LogP contribution in [-0.4, -0.2) is 17.0 Å². The molecule has 23 heavy (non-hydrogen) atoms. The minimum absolute atomic E-state index is 0.147. The molecule has 126 valence electrons. The van der Waals surface area contributed by atoms with Crippen molar-refractivity contribution in [1.29, 1.82) is 0 Å². The predicted octanol–water partition coefficient (Wildman–Crippen LogP) is 3.53. The number of carboxylic acid groups (broad SMARTS) is 1. The Morgan fingerprint density at radius 3 is 2.48 bits per heavy atom. The molecule has 0 heterocycles. The molecular weight excluding hydrogens is 311 g/mol. The van der Waals surface area contributed by atoms with Crippen molar-refractivity contribution in [3.8, 4) is 0 Å². The van der Waals surface area contributed by atoms with Crippen LogP contribution in [0.5, 0.6) is 0 Å². The molecule has 4 nitrogen and oxygen atoms in total. The van der Waals surface area contributed by atoms with Gasteiger partial charge in [0.1, 0.15) is 0 Å². The van der Waals surface area contributed by atoms with Crippen LogP contribution < -0.4 is 5.32 Å². The minimum atomic E-state index is -4.45. The van der Waals surface area contributed by atoms with Gasteiger partial charge in [0, 0.05) is 6.42 Å². The summed E-state index contributed by atoms with van der Waals surface area (Å²) in [4.78, 5) is 23.3. The second-order valence-electron chi connectivity index (χ2n) is 6.03. The monoisotopic (exact) mass is 329 g/mol. The van der Waals surface area contributed by atoms with E-state index in [1.165, 1.54) is 12.1 Å². The highest BCUT2D eigenvalue weighted by Gasteiger charge is 2.46. The van der Waals surface area contributed by atoms with Gasteiger partial charge in [0.05, 0.1) is 17.0 Å². The maximum atomic E-state index is 12.7. The normalized spacial score (nSPS) is 17.9. The maximum Gasteiger partial charge on any atom is 0.416 e. The summed E-state index contributed by atoms with van der Waals surface area (Å²) in [5.41, 5.74) is -1.47. The summed E-state index contributed by atoms with van der Waals surface area (Å²) in [7, 11) is 0. The van der Waals surface area contributed by atoms with E-state index in [2.05, 4.69) is 5.32 Å². The summed E-state index contributed by atoms with van der Waals surface area (Å²) in [6, 6.07) is 4.10. The first kappa shape index (κ1) is 17.3. The predicted molar refractivity (Wildman–Crippen MR) is 76.5 cm³/mol. The highest BCUT2D eigenvalue weighted by molar-refractivity contribution is 5.85. The average Bonchev–Trinajstić information content (AvgIpc) is 2.41. The van der Waals surface area contributed by atoms with Gasteiger partial charge in [-0.25, -0.2) is 0 Å². The molecule has 2 N–H and O–H groups in total. The molecule has 0 saturated heterocycles. The summed E-state index contributed by atoms with van der Waals surface area (Å²) in [6.45, 7) is 1.57. The first-order chi connectivity index (χ1) is 10.6. The molecule has 0 bridgehead atoms. The zero-order chi connectivity index (χ0) is 17.3. The van der Waals surface area contributed by atoms with Gasteiger partial charge in [0.15, 0.2) is 0 Å². The van der Waals surface area contributed by atoms with E-state index >= 15 is 0 Å². The first-order valence-electron chi connectivity index (χ1n) is 7.34. The topological polar surface area (TPSA) is 66.4 Å². The van der Waals surface area contributed by atoms with Crippen LogP contribution in [0, 0.1) is 5.41 Å². The van der Waals surface area contributed by atoms with Gasteiger partial charge in [0.2, 0.25) is 5.91 Å². The van der Waals surface area contributed by atoms with Crippen LogP contribution in [-0.2, 0) is 15.8 Å². The van der Waals surface area contributed by atoms with E-state index in [1.54, 1.807) is 6.92 Å². The van der Waals surface area contributed by atoms with Crippen molar-refractivity contribution in [2.24, 2.45) is 5.41 Å². The third-order valence-corrected chi connectivity index (χ3v) is 4.35. The van der Waals surface area contributed by atoms with Crippen molar-refractivity contribution in [2.45, 2.75) is 44.8 Å². The van der Waals surface area contributed by atoms with Crippen LogP contribution in [0.3, 0.4) is 0 Å². The van der Waals surface area contributed by atoms with E-state index in [1.807, 2.05) is 0 Å². The van der Waals surface area contributed by atoms with Crippen LogP contribution in [0.2, 0.25) is 0 Å². The number of alkyl halides is 3. The number of hydrogen-bond donors (Lipinski definition) is 2. The van der Waals surface area contributed by atoms with Crippen LogP contribution in [0.25, 0.3) is 0 Å². The van der Waals surface area contributed by atoms with Crippen LogP contribution in [0.15, 0.2) is 24.3 Å². The Kier molecular flexibility index (Phi) is 4.68. The summed E-state index contributed by atoms with van der Waals surface area (Å²) in [5.74, 6) is -1.46. The lowest BCUT2D eigenvalue weighted by molar-refractivity contribution is -0.157. The Morgan fingerprint density at radius 2 is 2.00 bits per heavy atom. The van der Waals surface area contributed by atoms with Crippen LogP contribution >= 0.6 is 0 Å². The molecule has 1 aromatic rings. The fraction of sp³-hybridized carbons (Fsp3) is 0.500. The van der Waals surface area contributed by atoms with Gasteiger partial charge in [0.25, 0.3) is 0 Å². The number of benzene rings is 1. The van der Waals surface area contributed by atoms with Crippen molar-refractivity contribution in [1.82, 2.24) is 5.32 Å². The largest absolute Gasteiger partial charge is 0.481 e. The number of hydrogen-bond acceptors (Lipinski definition) is 2. The Bertz CT molecular complexity index is 609. The number of aliphatic carboxylic acids is 1. The molecule has 0 aromatic heterocycles.